The highest BCUT2D eigenvalue weighted by Gasteiger charge is 2.24. The van der Waals surface area contributed by atoms with Crippen molar-refractivity contribution in [1.29, 1.82) is 0 Å². The first-order valence-electron chi connectivity index (χ1n) is 11.6. The Hall–Kier alpha value is -1.85. The van der Waals surface area contributed by atoms with E-state index in [4.69, 9.17) is 0 Å². The summed E-state index contributed by atoms with van der Waals surface area (Å²) in [5, 5.41) is 2.56. The van der Waals surface area contributed by atoms with E-state index in [1.54, 1.807) is 0 Å². The number of hydrogen-bond donors (Lipinski definition) is 1. The lowest BCUT2D eigenvalue weighted by molar-refractivity contribution is -0.150. The third kappa shape index (κ3) is 17.0. The van der Waals surface area contributed by atoms with Crippen molar-refractivity contribution in [3.63, 3.8) is 0 Å². The molecule has 1 N–H and O–H groups in total. The highest BCUT2D eigenvalue weighted by Crippen LogP contribution is 2.10. The molecule has 6 heteroatoms. The second-order valence-corrected chi connectivity index (χ2v) is 7.76. The topological polar surface area (TPSA) is 81.7 Å². The summed E-state index contributed by atoms with van der Waals surface area (Å²) in [6.07, 6.45) is 20.3. The number of ether oxygens (including phenoxy) is 2. The average molecular weight is 426 g/mol. The second kappa shape index (κ2) is 20.4. The monoisotopic (exact) mass is 425 g/mol. The van der Waals surface area contributed by atoms with Gasteiger partial charge in [0.25, 0.3) is 0 Å². The molecule has 1 amide bonds. The quantitative estimate of drug-likeness (QED) is 0.174. The molecule has 0 aliphatic carbocycles. The van der Waals surface area contributed by atoms with Crippen LogP contribution in [-0.2, 0) is 23.9 Å². The van der Waals surface area contributed by atoms with Gasteiger partial charge in [0.1, 0.15) is 6.04 Å². The Morgan fingerprint density at radius 1 is 0.767 bits per heavy atom. The summed E-state index contributed by atoms with van der Waals surface area (Å²) in [4.78, 5) is 35.0. The zero-order valence-corrected chi connectivity index (χ0v) is 19.4. The molecule has 0 aliphatic rings. The van der Waals surface area contributed by atoms with Crippen molar-refractivity contribution in [1.82, 2.24) is 5.32 Å². The lowest BCUT2D eigenvalue weighted by Gasteiger charge is -2.15. The average Bonchev–Trinajstić information content (AvgIpc) is 2.75. The molecule has 0 spiro atoms. The van der Waals surface area contributed by atoms with Gasteiger partial charge in [0.05, 0.1) is 20.6 Å². The van der Waals surface area contributed by atoms with Gasteiger partial charge in [-0.05, 0) is 32.1 Å². The highest BCUT2D eigenvalue weighted by atomic mass is 16.5. The van der Waals surface area contributed by atoms with Crippen molar-refractivity contribution in [2.45, 2.75) is 109 Å². The molecule has 0 unspecified atom stereocenters. The third-order valence-corrected chi connectivity index (χ3v) is 5.09. The predicted octanol–water partition coefficient (Wildman–Crippen LogP) is 5.24. The molecule has 1 atom stereocenters. The summed E-state index contributed by atoms with van der Waals surface area (Å²) < 4.78 is 9.17. The molecule has 174 valence electrons. The number of esters is 2. The highest BCUT2D eigenvalue weighted by molar-refractivity contribution is 5.87. The zero-order valence-electron chi connectivity index (χ0n) is 19.4. The van der Waals surface area contributed by atoms with Crippen molar-refractivity contribution in [3.05, 3.63) is 12.2 Å². The van der Waals surface area contributed by atoms with E-state index in [9.17, 15) is 14.4 Å². The molecule has 0 saturated heterocycles. The number of rotatable bonds is 19. The van der Waals surface area contributed by atoms with E-state index in [0.29, 0.717) is 6.42 Å². The minimum absolute atomic E-state index is 0.221. The van der Waals surface area contributed by atoms with Crippen molar-refractivity contribution in [2.75, 3.05) is 14.2 Å². The standard InChI is InChI=1S/C24H43NO5/c1-4-5-6-7-8-9-10-11-12-13-14-15-16-17-18-19-22(26)25-21(24(28)30-3)20-23(27)29-2/h11-12,21H,4-10,13-20H2,1-3H3,(H,25,26)/b12-11-/t21-/m0/s1. The lowest BCUT2D eigenvalue weighted by atomic mass is 10.1. The van der Waals surface area contributed by atoms with Crippen LogP contribution in [0.4, 0.5) is 0 Å². The van der Waals surface area contributed by atoms with Crippen LogP contribution >= 0.6 is 0 Å². The van der Waals surface area contributed by atoms with Crippen LogP contribution in [-0.4, -0.2) is 38.1 Å². The Kier molecular flexibility index (Phi) is 19.2. The Balaban J connectivity index is 3.66. The van der Waals surface area contributed by atoms with Crippen molar-refractivity contribution >= 4 is 17.8 Å². The molecular weight excluding hydrogens is 382 g/mol. The van der Waals surface area contributed by atoms with E-state index in [-0.39, 0.29) is 12.3 Å². The Bertz CT molecular complexity index is 490. The number of carbonyl (C=O) groups is 3. The maximum atomic E-state index is 12.0. The summed E-state index contributed by atoms with van der Waals surface area (Å²) in [6, 6.07) is -0.988. The van der Waals surface area contributed by atoms with Gasteiger partial charge in [-0.15, -0.1) is 0 Å². The molecule has 0 fully saturated rings. The maximum Gasteiger partial charge on any atom is 0.328 e. The first-order valence-corrected chi connectivity index (χ1v) is 11.6. The first-order chi connectivity index (χ1) is 14.5. The van der Waals surface area contributed by atoms with Gasteiger partial charge in [-0.2, -0.15) is 0 Å². The summed E-state index contributed by atoms with van der Waals surface area (Å²) in [7, 11) is 2.46. The fraction of sp³-hybridized carbons (Fsp3) is 0.792. The molecule has 0 rings (SSSR count). The number of methoxy groups -OCH3 is 2. The van der Waals surface area contributed by atoms with Crippen LogP contribution in [0.15, 0.2) is 12.2 Å². The normalized spacial score (nSPS) is 12.0. The second-order valence-electron chi connectivity index (χ2n) is 7.76. The van der Waals surface area contributed by atoms with Crippen LogP contribution in [0.1, 0.15) is 103 Å². The molecular formula is C24H43NO5. The van der Waals surface area contributed by atoms with Crippen LogP contribution in [0, 0.1) is 0 Å². The molecule has 6 nitrogen and oxygen atoms in total. The Morgan fingerprint density at radius 3 is 1.83 bits per heavy atom. The molecule has 0 bridgehead atoms. The molecule has 0 aromatic rings. The van der Waals surface area contributed by atoms with Gasteiger partial charge in [-0.3, -0.25) is 9.59 Å². The molecule has 0 aromatic heterocycles. The number of hydrogen-bond acceptors (Lipinski definition) is 5. The van der Waals surface area contributed by atoms with Crippen LogP contribution in [0.5, 0.6) is 0 Å². The number of amides is 1. The molecule has 30 heavy (non-hydrogen) atoms. The summed E-state index contributed by atoms with van der Waals surface area (Å²) >= 11 is 0. The molecule has 0 radical (unpaired) electrons. The van der Waals surface area contributed by atoms with E-state index in [1.807, 2.05) is 0 Å². The summed E-state index contributed by atoms with van der Waals surface area (Å²) in [5.74, 6) is -1.45. The minimum Gasteiger partial charge on any atom is -0.469 e. The summed E-state index contributed by atoms with van der Waals surface area (Å²) in [5.41, 5.74) is 0. The zero-order chi connectivity index (χ0) is 22.5. The van der Waals surface area contributed by atoms with Gasteiger partial charge in [0.2, 0.25) is 5.91 Å². The van der Waals surface area contributed by atoms with Crippen LogP contribution in [0.3, 0.4) is 0 Å². The molecule has 0 aromatic carbocycles. The van der Waals surface area contributed by atoms with Gasteiger partial charge in [-0.25, -0.2) is 4.79 Å². The first kappa shape index (κ1) is 28.1. The van der Waals surface area contributed by atoms with Crippen molar-refractivity contribution in [2.24, 2.45) is 0 Å². The van der Waals surface area contributed by atoms with Crippen LogP contribution < -0.4 is 5.32 Å². The predicted molar refractivity (Wildman–Crippen MR) is 120 cm³/mol. The van der Waals surface area contributed by atoms with Crippen LogP contribution in [0.25, 0.3) is 0 Å². The number of nitrogens with one attached hydrogen (secondary N) is 1. The largest absolute Gasteiger partial charge is 0.469 e. The molecule has 0 aliphatic heterocycles. The molecule has 0 saturated carbocycles. The fourth-order valence-corrected chi connectivity index (χ4v) is 3.21. The van der Waals surface area contributed by atoms with E-state index in [1.165, 1.54) is 65.6 Å². The maximum absolute atomic E-state index is 12.0. The van der Waals surface area contributed by atoms with Gasteiger partial charge >= 0.3 is 11.9 Å². The van der Waals surface area contributed by atoms with Crippen LogP contribution in [0.2, 0.25) is 0 Å². The Morgan fingerprint density at radius 2 is 1.30 bits per heavy atom. The number of allylic oxidation sites excluding steroid dienone is 2. The van der Waals surface area contributed by atoms with E-state index in [2.05, 4.69) is 33.9 Å². The minimum atomic E-state index is -0.988. The lowest BCUT2D eigenvalue weighted by Crippen LogP contribution is -2.43. The number of unbranched alkanes of at least 4 members (excludes halogenated alkanes) is 11. The number of carbonyl (C=O) groups excluding carboxylic acids is 3. The van der Waals surface area contributed by atoms with E-state index < -0.39 is 18.0 Å². The Labute approximate surface area is 183 Å². The smallest absolute Gasteiger partial charge is 0.328 e. The fourth-order valence-electron chi connectivity index (χ4n) is 3.21. The van der Waals surface area contributed by atoms with Gasteiger partial charge in [-0.1, -0.05) is 70.4 Å². The van der Waals surface area contributed by atoms with Gasteiger partial charge < -0.3 is 14.8 Å². The van der Waals surface area contributed by atoms with Gasteiger partial charge in [0, 0.05) is 6.42 Å². The van der Waals surface area contributed by atoms with E-state index >= 15 is 0 Å². The molecule has 0 heterocycles. The third-order valence-electron chi connectivity index (χ3n) is 5.09. The van der Waals surface area contributed by atoms with Crippen molar-refractivity contribution < 1.29 is 23.9 Å². The van der Waals surface area contributed by atoms with Gasteiger partial charge in [0.15, 0.2) is 0 Å². The van der Waals surface area contributed by atoms with E-state index in [0.717, 1.165) is 32.1 Å². The SMILES string of the molecule is CCCCCCCC/C=C\CCCCCCCC(=O)N[C@@H](CC(=O)OC)C(=O)OC. The summed E-state index contributed by atoms with van der Waals surface area (Å²) in [6.45, 7) is 2.25. The van der Waals surface area contributed by atoms with Crippen molar-refractivity contribution in [3.8, 4) is 0 Å².